The summed E-state index contributed by atoms with van der Waals surface area (Å²) in [5, 5.41) is 14.0. The summed E-state index contributed by atoms with van der Waals surface area (Å²) in [6, 6.07) is 3.36. The van der Waals surface area contributed by atoms with E-state index in [1.807, 2.05) is 18.6 Å². The number of amidine groups is 1. The van der Waals surface area contributed by atoms with Crippen LogP contribution in [0.2, 0.25) is 5.02 Å². The van der Waals surface area contributed by atoms with Crippen molar-refractivity contribution in [3.05, 3.63) is 28.8 Å². The van der Waals surface area contributed by atoms with E-state index in [9.17, 15) is 18.3 Å². The molecular weight excluding hydrogens is 480 g/mol. The largest absolute Gasteiger partial charge is 0.366 e. The van der Waals surface area contributed by atoms with E-state index in [0.29, 0.717) is 29.6 Å². The Balaban J connectivity index is 0.00000364. The molecule has 2 amide bonds. The minimum atomic E-state index is -4.19. The molecule has 0 bridgehead atoms. The Kier molecular flexibility index (Phi) is 8.42. The van der Waals surface area contributed by atoms with Gasteiger partial charge in [-0.15, -0.1) is 17.0 Å². The highest BCUT2D eigenvalue weighted by molar-refractivity contribution is 8.93. The Labute approximate surface area is 178 Å². The molecule has 0 aliphatic carbocycles. The lowest BCUT2D eigenvalue weighted by Gasteiger charge is -2.34. The lowest BCUT2D eigenvalue weighted by Crippen LogP contribution is -2.45. The van der Waals surface area contributed by atoms with Crippen LogP contribution in [0.15, 0.2) is 28.1 Å². The number of nitrogens with one attached hydrogen (secondary N) is 2. The number of carbonyl (C=O) groups is 1. The summed E-state index contributed by atoms with van der Waals surface area (Å²) >= 11 is 7.43. The average molecular weight is 502 g/mol. The number of aliphatic hydroxyl groups is 1. The summed E-state index contributed by atoms with van der Waals surface area (Å²) in [7, 11) is -2.89. The molecule has 8 nitrogen and oxygen atoms in total. The molecule has 1 aromatic carbocycles. The molecule has 12 heteroatoms. The SMILES string of the molecule is Br.CCN=C1SCC(O)(c2ccc(Cl)c(S(=O)(=O)NC(=O)NC)c2)N1CC. The molecule has 1 atom stereocenters. The highest BCUT2D eigenvalue weighted by atomic mass is 79.9. The molecule has 1 aliphatic rings. The zero-order valence-corrected chi connectivity index (χ0v) is 19.1. The Bertz CT molecular complexity index is 837. The summed E-state index contributed by atoms with van der Waals surface area (Å²) in [5.41, 5.74) is -1.07. The first-order chi connectivity index (χ1) is 12.2. The van der Waals surface area contributed by atoms with Crippen LogP contribution < -0.4 is 10.0 Å². The second-order valence-corrected chi connectivity index (χ2v) is 8.44. The fraction of sp³-hybridized carbons (Fsp3) is 0.467. The molecule has 3 N–H and O–H groups in total. The second-order valence-electron chi connectivity index (χ2n) is 5.44. The molecule has 1 fully saturated rings. The molecule has 0 spiro atoms. The van der Waals surface area contributed by atoms with Crippen molar-refractivity contribution in [2.45, 2.75) is 24.5 Å². The topological polar surface area (TPSA) is 111 Å². The van der Waals surface area contributed by atoms with E-state index in [2.05, 4.69) is 10.3 Å². The molecular formula is C15H22BrClN4O4S2. The van der Waals surface area contributed by atoms with Gasteiger partial charge >= 0.3 is 6.03 Å². The molecule has 27 heavy (non-hydrogen) atoms. The number of sulfonamides is 1. The first-order valence-corrected chi connectivity index (χ1v) is 10.8. The Morgan fingerprint density at radius 2 is 2.11 bits per heavy atom. The van der Waals surface area contributed by atoms with Crippen LogP contribution in [0.1, 0.15) is 19.4 Å². The number of benzene rings is 1. The van der Waals surface area contributed by atoms with Crippen LogP contribution in [0.4, 0.5) is 4.79 Å². The molecule has 1 aliphatic heterocycles. The lowest BCUT2D eigenvalue weighted by atomic mass is 10.0. The third-order valence-corrected chi connectivity index (χ3v) is 6.79. The average Bonchev–Trinajstić information content (AvgIpc) is 2.91. The quantitative estimate of drug-likeness (QED) is 0.570. The summed E-state index contributed by atoms with van der Waals surface area (Å²) in [4.78, 5) is 17.2. The maximum atomic E-state index is 12.4. The number of halogens is 2. The summed E-state index contributed by atoms with van der Waals surface area (Å²) in [6.45, 7) is 4.84. The molecule has 1 heterocycles. The summed E-state index contributed by atoms with van der Waals surface area (Å²) < 4.78 is 26.7. The number of carbonyl (C=O) groups excluding carboxylic acids is 1. The number of aliphatic imine (C=N–C) groups is 1. The van der Waals surface area contributed by atoms with Gasteiger partial charge in [-0.25, -0.2) is 17.9 Å². The Morgan fingerprint density at radius 3 is 2.67 bits per heavy atom. The van der Waals surface area contributed by atoms with E-state index >= 15 is 0 Å². The molecule has 0 aromatic heterocycles. The highest BCUT2D eigenvalue weighted by Crippen LogP contribution is 2.40. The first kappa shape index (κ1) is 24.0. The highest BCUT2D eigenvalue weighted by Gasteiger charge is 2.44. The number of nitrogens with zero attached hydrogens (tertiary/aromatic N) is 2. The van der Waals surface area contributed by atoms with Crippen molar-refractivity contribution in [2.24, 2.45) is 4.99 Å². The molecule has 0 radical (unpaired) electrons. The number of hydrogen-bond acceptors (Lipinski definition) is 6. The van der Waals surface area contributed by atoms with Crippen molar-refractivity contribution < 1.29 is 18.3 Å². The minimum Gasteiger partial charge on any atom is -0.366 e. The van der Waals surface area contributed by atoms with Crippen molar-refractivity contribution in [1.29, 1.82) is 0 Å². The van der Waals surface area contributed by atoms with Crippen LogP contribution in [0.25, 0.3) is 0 Å². The number of thioether (sulfide) groups is 1. The van der Waals surface area contributed by atoms with E-state index < -0.39 is 21.8 Å². The zero-order chi connectivity index (χ0) is 19.5. The minimum absolute atomic E-state index is 0. The lowest BCUT2D eigenvalue weighted by molar-refractivity contribution is -0.0455. The van der Waals surface area contributed by atoms with Crippen molar-refractivity contribution in [3.8, 4) is 0 Å². The predicted octanol–water partition coefficient (Wildman–Crippen LogP) is 2.13. The van der Waals surface area contributed by atoms with Gasteiger partial charge < -0.3 is 15.3 Å². The van der Waals surface area contributed by atoms with Crippen molar-refractivity contribution in [1.82, 2.24) is 14.9 Å². The van der Waals surface area contributed by atoms with Gasteiger partial charge in [-0.1, -0.05) is 29.4 Å². The van der Waals surface area contributed by atoms with Crippen molar-refractivity contribution in [2.75, 3.05) is 25.9 Å². The smallest absolute Gasteiger partial charge is 0.328 e. The molecule has 0 saturated carbocycles. The second kappa shape index (κ2) is 9.46. The van der Waals surface area contributed by atoms with Gasteiger partial charge in [0.1, 0.15) is 4.90 Å². The predicted molar refractivity (Wildman–Crippen MR) is 113 cm³/mol. The van der Waals surface area contributed by atoms with Crippen LogP contribution in [0.5, 0.6) is 0 Å². The van der Waals surface area contributed by atoms with Crippen molar-refractivity contribution >= 4 is 61.6 Å². The van der Waals surface area contributed by atoms with E-state index in [-0.39, 0.29) is 26.9 Å². The normalized spacial score (nSPS) is 21.1. The van der Waals surface area contributed by atoms with Crippen LogP contribution >= 0.6 is 40.3 Å². The van der Waals surface area contributed by atoms with Gasteiger partial charge in [0.25, 0.3) is 10.0 Å². The Hall–Kier alpha value is -1.01. The maximum Gasteiger partial charge on any atom is 0.328 e. The molecule has 1 aromatic rings. The number of rotatable bonds is 5. The van der Waals surface area contributed by atoms with Gasteiger partial charge in [0, 0.05) is 25.7 Å². The summed E-state index contributed by atoms with van der Waals surface area (Å²) in [6.07, 6.45) is 0. The van der Waals surface area contributed by atoms with Gasteiger partial charge in [0.2, 0.25) is 0 Å². The van der Waals surface area contributed by atoms with E-state index in [1.165, 1.54) is 30.9 Å². The van der Waals surface area contributed by atoms with Crippen LogP contribution in [0.3, 0.4) is 0 Å². The number of urea groups is 1. The third-order valence-electron chi connectivity index (χ3n) is 3.83. The fourth-order valence-electron chi connectivity index (χ4n) is 2.57. The maximum absolute atomic E-state index is 12.4. The number of hydrogen-bond donors (Lipinski definition) is 3. The fourth-order valence-corrected chi connectivity index (χ4v) is 5.36. The standard InChI is InChI=1S/C15H21ClN4O4S2.BrH/c1-4-18-14-20(5-2)15(22,9-25-14)10-6-7-11(16)12(8-10)26(23,24)19-13(21)17-3;/h6-8,22H,4-5,9H2,1-3H3,(H2,17,19,21);1H. The van der Waals surface area contributed by atoms with Crippen LogP contribution in [0, 0.1) is 0 Å². The summed E-state index contributed by atoms with van der Waals surface area (Å²) in [5.74, 6) is 0.295. The monoisotopic (exact) mass is 500 g/mol. The Morgan fingerprint density at radius 1 is 1.44 bits per heavy atom. The van der Waals surface area contributed by atoms with Gasteiger partial charge in [0.05, 0.1) is 10.8 Å². The third kappa shape index (κ3) is 4.89. The number of amides is 2. The van der Waals surface area contributed by atoms with Crippen LogP contribution in [-0.4, -0.2) is 55.5 Å². The van der Waals surface area contributed by atoms with Crippen LogP contribution in [-0.2, 0) is 15.7 Å². The van der Waals surface area contributed by atoms with Gasteiger partial charge in [-0.2, -0.15) is 0 Å². The van der Waals surface area contributed by atoms with Crippen molar-refractivity contribution in [3.63, 3.8) is 0 Å². The first-order valence-electron chi connectivity index (χ1n) is 7.91. The van der Waals surface area contributed by atoms with E-state index in [1.54, 1.807) is 11.0 Å². The van der Waals surface area contributed by atoms with Gasteiger partial charge in [-0.05, 0) is 26.0 Å². The molecule has 152 valence electrons. The van der Waals surface area contributed by atoms with Gasteiger partial charge in [0.15, 0.2) is 10.9 Å². The molecule has 1 unspecified atom stereocenters. The molecule has 1 saturated heterocycles. The zero-order valence-electron chi connectivity index (χ0n) is 15.0. The van der Waals surface area contributed by atoms with E-state index in [4.69, 9.17) is 11.6 Å². The van der Waals surface area contributed by atoms with Gasteiger partial charge in [-0.3, -0.25) is 4.99 Å². The molecule has 2 rings (SSSR count). The van der Waals surface area contributed by atoms with E-state index in [0.717, 1.165) is 0 Å².